The van der Waals surface area contributed by atoms with E-state index in [0.29, 0.717) is 11.3 Å². The number of aliphatic hydroxyl groups excluding tert-OH is 1. The molecule has 1 aromatic heterocycles. The van der Waals surface area contributed by atoms with Crippen molar-refractivity contribution >= 4 is 11.9 Å². The van der Waals surface area contributed by atoms with Crippen molar-refractivity contribution in [2.75, 3.05) is 13.7 Å². The van der Waals surface area contributed by atoms with E-state index >= 15 is 0 Å². The lowest BCUT2D eigenvalue weighted by Gasteiger charge is -2.13. The number of hydrogen-bond donors (Lipinski definition) is 2. The molecule has 0 fully saturated rings. The highest BCUT2D eigenvalue weighted by Crippen LogP contribution is 2.26. The van der Waals surface area contributed by atoms with Gasteiger partial charge in [-0.2, -0.15) is 5.10 Å². The van der Waals surface area contributed by atoms with Gasteiger partial charge in [-0.1, -0.05) is 30.3 Å². The van der Waals surface area contributed by atoms with Gasteiger partial charge in [0.1, 0.15) is 5.69 Å². The van der Waals surface area contributed by atoms with Crippen LogP contribution in [0, 0.1) is 13.8 Å². The van der Waals surface area contributed by atoms with Gasteiger partial charge in [-0.15, -0.1) is 0 Å². The van der Waals surface area contributed by atoms with E-state index in [1.54, 1.807) is 10.9 Å². The molecule has 0 spiro atoms. The molecule has 0 saturated heterocycles. The summed E-state index contributed by atoms with van der Waals surface area (Å²) in [4.78, 5) is 24.7. The maximum Gasteiger partial charge on any atom is 0.330 e. The zero-order valence-corrected chi connectivity index (χ0v) is 16.5. The topological polar surface area (TPSA) is 93.5 Å². The number of para-hydroxylation sites is 1. The van der Waals surface area contributed by atoms with E-state index in [0.717, 1.165) is 22.4 Å². The highest BCUT2D eigenvalue weighted by Gasteiger charge is 2.25. The van der Waals surface area contributed by atoms with E-state index in [9.17, 15) is 14.7 Å². The Hall–Kier alpha value is -3.45. The van der Waals surface area contributed by atoms with Gasteiger partial charge in [0.2, 0.25) is 0 Å². The van der Waals surface area contributed by atoms with Gasteiger partial charge < -0.3 is 15.2 Å². The molecule has 0 unspecified atom stereocenters. The zero-order chi connectivity index (χ0) is 21.0. The Balaban J connectivity index is 2.06. The number of benzene rings is 2. The van der Waals surface area contributed by atoms with Gasteiger partial charge in [-0.05, 0) is 43.2 Å². The predicted molar refractivity (Wildman–Crippen MR) is 109 cm³/mol. The maximum absolute atomic E-state index is 12.9. The molecule has 0 aliphatic rings. The van der Waals surface area contributed by atoms with Gasteiger partial charge in [0.05, 0.1) is 25.0 Å². The SMILES string of the molecule is COC(=O)[C@H](CO)NC(=O)c1cn(-c2ccccc2)nc1-c1ccc(C)c(C)c1. The number of hydrogen-bond acceptors (Lipinski definition) is 5. The molecule has 0 aliphatic heterocycles. The fourth-order valence-electron chi connectivity index (χ4n) is 2.91. The number of rotatable bonds is 6. The first-order valence-electron chi connectivity index (χ1n) is 9.17. The van der Waals surface area contributed by atoms with Crippen LogP contribution in [0.1, 0.15) is 21.5 Å². The lowest BCUT2D eigenvalue weighted by molar-refractivity contribution is -0.143. The molecule has 0 saturated carbocycles. The van der Waals surface area contributed by atoms with Crippen molar-refractivity contribution in [3.8, 4) is 16.9 Å². The van der Waals surface area contributed by atoms with Crippen LogP contribution < -0.4 is 5.32 Å². The number of esters is 1. The monoisotopic (exact) mass is 393 g/mol. The average Bonchev–Trinajstić information content (AvgIpc) is 3.19. The minimum absolute atomic E-state index is 0.291. The number of amides is 1. The van der Waals surface area contributed by atoms with Crippen LogP contribution in [-0.4, -0.2) is 46.5 Å². The van der Waals surface area contributed by atoms with E-state index in [1.807, 2.05) is 62.4 Å². The number of nitrogens with zero attached hydrogens (tertiary/aromatic N) is 2. The minimum Gasteiger partial charge on any atom is -0.467 e. The van der Waals surface area contributed by atoms with E-state index in [-0.39, 0.29) is 0 Å². The van der Waals surface area contributed by atoms with Crippen molar-refractivity contribution in [3.63, 3.8) is 0 Å². The van der Waals surface area contributed by atoms with Gasteiger partial charge in [0.25, 0.3) is 5.91 Å². The Bertz CT molecular complexity index is 1030. The van der Waals surface area contributed by atoms with E-state index < -0.39 is 24.5 Å². The number of carbonyl (C=O) groups excluding carboxylic acids is 2. The number of aryl methyl sites for hydroxylation is 2. The quantitative estimate of drug-likeness (QED) is 0.628. The fraction of sp³-hybridized carbons (Fsp3) is 0.227. The second kappa shape index (κ2) is 8.70. The standard InChI is InChI=1S/C22H23N3O4/c1-14-9-10-16(11-15(14)2)20-18(21(27)23-19(13-26)22(28)29-3)12-25(24-20)17-7-5-4-6-8-17/h4-12,19,26H,13H2,1-3H3,(H,23,27)/t19-/m0/s1. The lowest BCUT2D eigenvalue weighted by atomic mass is 10.0. The molecule has 7 heteroatoms. The number of nitrogens with one attached hydrogen (secondary N) is 1. The van der Waals surface area contributed by atoms with E-state index in [2.05, 4.69) is 15.2 Å². The Morgan fingerprint density at radius 1 is 1.14 bits per heavy atom. The molecule has 0 radical (unpaired) electrons. The molecular weight excluding hydrogens is 370 g/mol. The van der Waals surface area contributed by atoms with Crippen LogP contribution in [0.2, 0.25) is 0 Å². The van der Waals surface area contributed by atoms with Gasteiger partial charge in [0, 0.05) is 11.8 Å². The third-order valence-electron chi connectivity index (χ3n) is 4.73. The first kappa shape index (κ1) is 20.3. The number of carbonyl (C=O) groups is 2. The van der Waals surface area contributed by atoms with Crippen molar-refractivity contribution in [2.24, 2.45) is 0 Å². The molecule has 1 heterocycles. The van der Waals surface area contributed by atoms with Crippen LogP contribution in [0.15, 0.2) is 54.7 Å². The number of ether oxygens (including phenoxy) is 1. The Morgan fingerprint density at radius 2 is 1.86 bits per heavy atom. The second-order valence-corrected chi connectivity index (χ2v) is 6.70. The van der Waals surface area contributed by atoms with Crippen LogP contribution >= 0.6 is 0 Å². The summed E-state index contributed by atoms with van der Waals surface area (Å²) in [6.07, 6.45) is 1.61. The Kier molecular flexibility index (Phi) is 6.09. The zero-order valence-electron chi connectivity index (χ0n) is 16.5. The van der Waals surface area contributed by atoms with Crippen LogP contribution in [0.3, 0.4) is 0 Å². The van der Waals surface area contributed by atoms with Gasteiger partial charge >= 0.3 is 5.97 Å². The summed E-state index contributed by atoms with van der Waals surface area (Å²) in [5, 5.41) is 16.6. The van der Waals surface area contributed by atoms with Gasteiger partial charge in [0.15, 0.2) is 6.04 Å². The summed E-state index contributed by atoms with van der Waals surface area (Å²) in [5.41, 5.74) is 4.56. The summed E-state index contributed by atoms with van der Waals surface area (Å²) < 4.78 is 6.24. The predicted octanol–water partition coefficient (Wildman–Crippen LogP) is 2.42. The van der Waals surface area contributed by atoms with Crippen molar-refractivity contribution in [1.82, 2.24) is 15.1 Å². The highest BCUT2D eigenvalue weighted by atomic mass is 16.5. The molecule has 0 aliphatic carbocycles. The molecule has 3 aromatic rings. The smallest absolute Gasteiger partial charge is 0.330 e. The molecule has 7 nitrogen and oxygen atoms in total. The molecule has 3 rings (SSSR count). The lowest BCUT2D eigenvalue weighted by Crippen LogP contribution is -2.44. The Morgan fingerprint density at radius 3 is 2.48 bits per heavy atom. The molecular formula is C22H23N3O4. The number of methoxy groups -OCH3 is 1. The largest absolute Gasteiger partial charge is 0.467 e. The minimum atomic E-state index is -1.15. The summed E-state index contributed by atoms with van der Waals surface area (Å²) in [6, 6.07) is 14.1. The molecule has 0 bridgehead atoms. The average molecular weight is 393 g/mol. The van der Waals surface area contributed by atoms with Crippen LogP contribution in [0.5, 0.6) is 0 Å². The molecule has 1 amide bonds. The van der Waals surface area contributed by atoms with Crippen molar-refractivity contribution in [3.05, 3.63) is 71.4 Å². The summed E-state index contributed by atoms with van der Waals surface area (Å²) >= 11 is 0. The fourth-order valence-corrected chi connectivity index (χ4v) is 2.91. The maximum atomic E-state index is 12.9. The van der Waals surface area contributed by atoms with Gasteiger partial charge in [-0.25, -0.2) is 9.48 Å². The Labute approximate surface area is 168 Å². The first-order valence-corrected chi connectivity index (χ1v) is 9.17. The highest BCUT2D eigenvalue weighted by molar-refractivity contribution is 6.01. The number of aliphatic hydroxyl groups is 1. The molecule has 2 N–H and O–H groups in total. The first-order chi connectivity index (χ1) is 13.9. The second-order valence-electron chi connectivity index (χ2n) is 6.70. The third kappa shape index (κ3) is 4.35. The molecule has 1 atom stereocenters. The van der Waals surface area contributed by atoms with Crippen molar-refractivity contribution < 1.29 is 19.4 Å². The van der Waals surface area contributed by atoms with Crippen LogP contribution in [0.25, 0.3) is 16.9 Å². The van der Waals surface area contributed by atoms with Crippen LogP contribution in [-0.2, 0) is 9.53 Å². The van der Waals surface area contributed by atoms with Crippen molar-refractivity contribution in [2.45, 2.75) is 19.9 Å². The number of aromatic nitrogens is 2. The van der Waals surface area contributed by atoms with Crippen LogP contribution in [0.4, 0.5) is 0 Å². The summed E-state index contributed by atoms with van der Waals surface area (Å²) in [6.45, 7) is 3.44. The van der Waals surface area contributed by atoms with E-state index in [1.165, 1.54) is 7.11 Å². The van der Waals surface area contributed by atoms with Crippen molar-refractivity contribution in [1.29, 1.82) is 0 Å². The summed E-state index contributed by atoms with van der Waals surface area (Å²) in [7, 11) is 1.20. The summed E-state index contributed by atoms with van der Waals surface area (Å²) in [5.74, 6) is -1.24. The normalized spacial score (nSPS) is 11.7. The molecule has 150 valence electrons. The van der Waals surface area contributed by atoms with E-state index in [4.69, 9.17) is 0 Å². The van der Waals surface area contributed by atoms with Gasteiger partial charge in [-0.3, -0.25) is 4.79 Å². The molecule has 29 heavy (non-hydrogen) atoms. The molecule has 2 aromatic carbocycles. The third-order valence-corrected chi connectivity index (χ3v) is 4.73.